The highest BCUT2D eigenvalue weighted by molar-refractivity contribution is 5.94. The first-order chi connectivity index (χ1) is 10.0. The maximum absolute atomic E-state index is 12.3. The number of ether oxygens (including phenoxy) is 1. The fraction of sp³-hybridized carbons (Fsp3) is 0.278. The molecule has 0 aromatic heterocycles. The molecule has 1 atom stereocenters. The van der Waals surface area contributed by atoms with E-state index in [-0.39, 0.29) is 11.9 Å². The van der Waals surface area contributed by atoms with Crippen LogP contribution in [0.25, 0.3) is 0 Å². The molecule has 0 radical (unpaired) electrons. The van der Waals surface area contributed by atoms with E-state index in [2.05, 4.69) is 5.32 Å². The van der Waals surface area contributed by atoms with Crippen molar-refractivity contribution in [3.05, 3.63) is 64.7 Å². The van der Waals surface area contributed by atoms with Crippen LogP contribution >= 0.6 is 0 Å². The fourth-order valence-corrected chi connectivity index (χ4v) is 2.26. The molecule has 0 aliphatic rings. The topological polar surface area (TPSA) is 38.3 Å². The number of benzene rings is 2. The third-order valence-corrected chi connectivity index (χ3v) is 3.72. The number of carbonyl (C=O) groups excluding carboxylic acids is 1. The molecule has 2 aromatic rings. The highest BCUT2D eigenvalue weighted by Gasteiger charge is 2.15. The van der Waals surface area contributed by atoms with Crippen molar-refractivity contribution in [2.45, 2.75) is 26.8 Å². The third kappa shape index (κ3) is 3.43. The van der Waals surface area contributed by atoms with Gasteiger partial charge in [-0.1, -0.05) is 24.3 Å². The van der Waals surface area contributed by atoms with Gasteiger partial charge in [0.15, 0.2) is 0 Å². The van der Waals surface area contributed by atoms with Gasteiger partial charge in [-0.25, -0.2) is 0 Å². The lowest BCUT2D eigenvalue weighted by molar-refractivity contribution is 0.0939. The SMILES string of the molecule is COc1ccccc1[C@@H](C)NC(=O)c1ccc(C)c(C)c1. The Balaban J connectivity index is 2.16. The maximum atomic E-state index is 12.3. The van der Waals surface area contributed by atoms with E-state index in [0.29, 0.717) is 5.56 Å². The average molecular weight is 283 g/mol. The van der Waals surface area contributed by atoms with Gasteiger partial charge in [-0.05, 0) is 50.1 Å². The van der Waals surface area contributed by atoms with Crippen molar-refractivity contribution in [3.8, 4) is 5.75 Å². The van der Waals surface area contributed by atoms with Crippen LogP contribution in [0.3, 0.4) is 0 Å². The van der Waals surface area contributed by atoms with Gasteiger partial charge < -0.3 is 10.1 Å². The molecule has 0 fully saturated rings. The molecule has 0 spiro atoms. The summed E-state index contributed by atoms with van der Waals surface area (Å²) in [6.07, 6.45) is 0. The van der Waals surface area contributed by atoms with Crippen molar-refractivity contribution in [1.82, 2.24) is 5.32 Å². The molecule has 2 aromatic carbocycles. The first-order valence-corrected chi connectivity index (χ1v) is 7.04. The van der Waals surface area contributed by atoms with E-state index in [1.807, 2.05) is 63.2 Å². The molecule has 110 valence electrons. The monoisotopic (exact) mass is 283 g/mol. The first kappa shape index (κ1) is 15.1. The number of rotatable bonds is 4. The quantitative estimate of drug-likeness (QED) is 0.926. The van der Waals surface area contributed by atoms with Gasteiger partial charge in [-0.15, -0.1) is 0 Å². The normalized spacial score (nSPS) is 11.8. The molecule has 21 heavy (non-hydrogen) atoms. The van der Waals surface area contributed by atoms with Gasteiger partial charge in [0.25, 0.3) is 5.91 Å². The van der Waals surface area contributed by atoms with Crippen molar-refractivity contribution in [2.75, 3.05) is 7.11 Å². The Bertz CT molecular complexity index is 649. The zero-order valence-electron chi connectivity index (χ0n) is 12.9. The minimum absolute atomic E-state index is 0.0727. The Hall–Kier alpha value is -2.29. The zero-order chi connectivity index (χ0) is 15.4. The summed E-state index contributed by atoms with van der Waals surface area (Å²) in [7, 11) is 1.64. The Morgan fingerprint density at radius 2 is 1.81 bits per heavy atom. The van der Waals surface area contributed by atoms with Crippen molar-refractivity contribution in [3.63, 3.8) is 0 Å². The predicted octanol–water partition coefficient (Wildman–Crippen LogP) is 3.80. The van der Waals surface area contributed by atoms with Gasteiger partial charge >= 0.3 is 0 Å². The molecule has 3 heteroatoms. The van der Waals surface area contributed by atoms with E-state index < -0.39 is 0 Å². The summed E-state index contributed by atoms with van der Waals surface area (Å²) in [5.74, 6) is 0.710. The van der Waals surface area contributed by atoms with Gasteiger partial charge in [0.05, 0.1) is 13.2 Å². The van der Waals surface area contributed by atoms with Crippen LogP contribution in [0.1, 0.15) is 40.0 Å². The van der Waals surface area contributed by atoms with Crippen LogP contribution in [-0.2, 0) is 0 Å². The molecule has 0 heterocycles. The van der Waals surface area contributed by atoms with Crippen molar-refractivity contribution < 1.29 is 9.53 Å². The maximum Gasteiger partial charge on any atom is 0.251 e. The van der Waals surface area contributed by atoms with E-state index in [9.17, 15) is 4.79 Å². The van der Waals surface area contributed by atoms with Crippen LogP contribution in [0.4, 0.5) is 0 Å². The predicted molar refractivity (Wildman–Crippen MR) is 84.8 cm³/mol. The number of carbonyl (C=O) groups is 1. The minimum Gasteiger partial charge on any atom is -0.496 e. The number of nitrogens with one attached hydrogen (secondary N) is 1. The summed E-state index contributed by atoms with van der Waals surface area (Å²) in [5.41, 5.74) is 3.95. The molecule has 0 saturated heterocycles. The summed E-state index contributed by atoms with van der Waals surface area (Å²) in [6.45, 7) is 6.00. The molecule has 1 amide bonds. The molecule has 0 saturated carbocycles. The molecule has 2 rings (SSSR count). The smallest absolute Gasteiger partial charge is 0.251 e. The summed E-state index contributed by atoms with van der Waals surface area (Å²) in [5, 5.41) is 3.01. The number of para-hydroxylation sites is 1. The van der Waals surface area contributed by atoms with Crippen LogP contribution in [0.5, 0.6) is 5.75 Å². The van der Waals surface area contributed by atoms with E-state index in [4.69, 9.17) is 4.74 Å². The molecule has 0 aliphatic carbocycles. The lowest BCUT2D eigenvalue weighted by Gasteiger charge is -2.17. The van der Waals surface area contributed by atoms with Gasteiger partial charge in [-0.3, -0.25) is 4.79 Å². The Kier molecular flexibility index (Phi) is 4.63. The standard InChI is InChI=1S/C18H21NO2/c1-12-9-10-15(11-13(12)2)18(20)19-14(3)16-7-5-6-8-17(16)21-4/h5-11,14H,1-4H3,(H,19,20)/t14-/m1/s1. The second kappa shape index (κ2) is 6.44. The molecule has 0 unspecified atom stereocenters. The van der Waals surface area contributed by atoms with Crippen LogP contribution in [0.15, 0.2) is 42.5 Å². The second-order valence-corrected chi connectivity index (χ2v) is 5.24. The summed E-state index contributed by atoms with van der Waals surface area (Å²) in [4.78, 5) is 12.3. The fourth-order valence-electron chi connectivity index (χ4n) is 2.26. The average Bonchev–Trinajstić information content (AvgIpc) is 2.49. The lowest BCUT2D eigenvalue weighted by atomic mass is 10.0. The third-order valence-electron chi connectivity index (χ3n) is 3.72. The Morgan fingerprint density at radius 3 is 2.48 bits per heavy atom. The van der Waals surface area contributed by atoms with Gasteiger partial charge in [0.1, 0.15) is 5.75 Å². The minimum atomic E-state index is -0.116. The summed E-state index contributed by atoms with van der Waals surface area (Å²) >= 11 is 0. The van der Waals surface area contributed by atoms with Gasteiger partial charge in [0.2, 0.25) is 0 Å². The van der Waals surface area contributed by atoms with Crippen molar-refractivity contribution in [2.24, 2.45) is 0 Å². The highest BCUT2D eigenvalue weighted by atomic mass is 16.5. The molecular formula is C18H21NO2. The van der Waals surface area contributed by atoms with Crippen LogP contribution in [0.2, 0.25) is 0 Å². The second-order valence-electron chi connectivity index (χ2n) is 5.24. The number of aryl methyl sites for hydroxylation is 2. The van der Waals surface area contributed by atoms with Crippen LogP contribution < -0.4 is 10.1 Å². The van der Waals surface area contributed by atoms with E-state index >= 15 is 0 Å². The van der Waals surface area contributed by atoms with Crippen molar-refractivity contribution in [1.29, 1.82) is 0 Å². The Labute approximate surface area is 126 Å². The zero-order valence-corrected chi connectivity index (χ0v) is 12.9. The molecule has 3 nitrogen and oxygen atoms in total. The van der Waals surface area contributed by atoms with E-state index in [0.717, 1.165) is 16.9 Å². The van der Waals surface area contributed by atoms with Crippen LogP contribution in [0, 0.1) is 13.8 Å². The molecular weight excluding hydrogens is 262 g/mol. The van der Waals surface area contributed by atoms with E-state index in [1.54, 1.807) is 7.11 Å². The first-order valence-electron chi connectivity index (χ1n) is 7.04. The molecule has 1 N–H and O–H groups in total. The molecule has 0 aliphatic heterocycles. The number of methoxy groups -OCH3 is 1. The van der Waals surface area contributed by atoms with Gasteiger partial charge in [0, 0.05) is 11.1 Å². The van der Waals surface area contributed by atoms with Gasteiger partial charge in [-0.2, -0.15) is 0 Å². The number of hydrogen-bond acceptors (Lipinski definition) is 2. The lowest BCUT2D eigenvalue weighted by Crippen LogP contribution is -2.27. The highest BCUT2D eigenvalue weighted by Crippen LogP contribution is 2.24. The van der Waals surface area contributed by atoms with Crippen LogP contribution in [-0.4, -0.2) is 13.0 Å². The van der Waals surface area contributed by atoms with E-state index in [1.165, 1.54) is 5.56 Å². The number of amides is 1. The summed E-state index contributed by atoms with van der Waals surface area (Å²) in [6, 6.07) is 13.3. The summed E-state index contributed by atoms with van der Waals surface area (Å²) < 4.78 is 5.34. The Morgan fingerprint density at radius 1 is 1.10 bits per heavy atom. The largest absolute Gasteiger partial charge is 0.496 e. The number of hydrogen-bond donors (Lipinski definition) is 1. The van der Waals surface area contributed by atoms with Crippen molar-refractivity contribution >= 4 is 5.91 Å². The molecule has 0 bridgehead atoms.